The van der Waals surface area contributed by atoms with Gasteiger partial charge in [-0.15, -0.1) is 0 Å². The van der Waals surface area contributed by atoms with Gasteiger partial charge in [0.2, 0.25) is 0 Å². The molecule has 5 nitrogen and oxygen atoms in total. The fraction of sp³-hybridized carbons (Fsp3) is 0.800. The van der Waals surface area contributed by atoms with Gasteiger partial charge in [0.1, 0.15) is 5.78 Å². The van der Waals surface area contributed by atoms with Crippen LogP contribution in [0.15, 0.2) is 12.2 Å². The van der Waals surface area contributed by atoms with Crippen LogP contribution >= 0.6 is 0 Å². The molecule has 7 unspecified atom stereocenters. The molecule has 0 radical (unpaired) electrons. The van der Waals surface area contributed by atoms with Crippen LogP contribution in [0.3, 0.4) is 0 Å². The van der Waals surface area contributed by atoms with Crippen LogP contribution in [0.1, 0.15) is 19.8 Å². The molecule has 4 rings (SSSR count). The number of hydrogen-bond donors (Lipinski definition) is 0. The van der Waals surface area contributed by atoms with E-state index in [1.165, 1.54) is 6.92 Å². The number of alkyl halides is 3. The molecule has 2 bridgehead atoms. The molecule has 9 heteroatoms. The lowest BCUT2D eigenvalue weighted by Crippen LogP contribution is -2.35. The Hall–Kier alpha value is -0.930. The minimum Gasteiger partial charge on any atom is -0.369 e. The van der Waals surface area contributed by atoms with E-state index in [0.717, 1.165) is 6.42 Å². The van der Waals surface area contributed by atoms with E-state index in [4.69, 9.17) is 4.74 Å². The third kappa shape index (κ3) is 2.35. The van der Waals surface area contributed by atoms with Crippen LogP contribution in [-0.2, 0) is 23.8 Å². The van der Waals surface area contributed by atoms with E-state index in [1.54, 1.807) is 0 Å². The van der Waals surface area contributed by atoms with Crippen molar-refractivity contribution in [2.45, 2.75) is 43.6 Å². The Kier molecular flexibility index (Phi) is 3.48. The van der Waals surface area contributed by atoms with Gasteiger partial charge in [-0.3, -0.25) is 8.98 Å². The number of fused-ring (bicyclic) bond motifs is 7. The van der Waals surface area contributed by atoms with Crippen molar-refractivity contribution in [2.75, 3.05) is 0 Å². The monoisotopic (exact) mass is 366 g/mol. The van der Waals surface area contributed by atoms with Crippen molar-refractivity contribution < 1.29 is 35.3 Å². The lowest BCUT2D eigenvalue weighted by molar-refractivity contribution is -0.127. The zero-order valence-corrected chi connectivity index (χ0v) is 13.6. The third-order valence-electron chi connectivity index (χ3n) is 5.86. The Bertz CT molecular complexity index is 700. The second-order valence-electron chi connectivity index (χ2n) is 7.15. The maximum Gasteiger partial charge on any atom is 0.523 e. The summed E-state index contributed by atoms with van der Waals surface area (Å²) in [6.07, 6.45) is 3.18. The van der Waals surface area contributed by atoms with Gasteiger partial charge in [0.15, 0.2) is 0 Å². The van der Waals surface area contributed by atoms with Crippen molar-refractivity contribution in [3.63, 3.8) is 0 Å². The van der Waals surface area contributed by atoms with Crippen molar-refractivity contribution in [2.24, 2.45) is 29.6 Å². The van der Waals surface area contributed by atoms with Gasteiger partial charge in [0.25, 0.3) is 0 Å². The Morgan fingerprint density at radius 2 is 1.92 bits per heavy atom. The average Bonchev–Trinajstić information content (AvgIpc) is 2.99. The number of carbonyl (C=O) groups excluding carboxylic acids is 1. The van der Waals surface area contributed by atoms with Crippen LogP contribution in [-0.4, -0.2) is 38.0 Å². The summed E-state index contributed by atoms with van der Waals surface area (Å²) in [6.45, 7) is 1.26. The molecule has 0 aromatic carbocycles. The van der Waals surface area contributed by atoms with Gasteiger partial charge < -0.3 is 4.74 Å². The van der Waals surface area contributed by atoms with Crippen LogP contribution in [0.25, 0.3) is 0 Å². The summed E-state index contributed by atoms with van der Waals surface area (Å²) in [5.74, 6) is -0.346. The lowest BCUT2D eigenvalue weighted by atomic mass is 9.79. The van der Waals surface area contributed by atoms with E-state index in [9.17, 15) is 26.4 Å². The molecule has 3 fully saturated rings. The van der Waals surface area contributed by atoms with Crippen LogP contribution in [0.4, 0.5) is 13.2 Å². The van der Waals surface area contributed by atoms with E-state index < -0.39 is 33.8 Å². The minimum absolute atomic E-state index is 0.00601. The summed E-state index contributed by atoms with van der Waals surface area (Å²) in [4.78, 5) is 12.6. The summed E-state index contributed by atoms with van der Waals surface area (Å²) in [5, 5.41) is 0. The maximum absolute atomic E-state index is 12.6. The Balaban J connectivity index is 1.54. The number of ketones is 1. The number of halogens is 3. The SMILES string of the molecule is C[C@H](OS(=O)(=O)C(F)(F)F)C1CC(=O)C2C3C=CC(C3)C2C2OC21. The topological polar surface area (TPSA) is 73.0 Å². The second kappa shape index (κ2) is 5.04. The van der Waals surface area contributed by atoms with Crippen molar-refractivity contribution >= 4 is 15.9 Å². The number of epoxide rings is 1. The predicted molar refractivity (Wildman–Crippen MR) is 75.0 cm³/mol. The molecule has 0 aromatic heterocycles. The number of carbonyl (C=O) groups is 1. The third-order valence-corrected chi connectivity index (χ3v) is 6.98. The van der Waals surface area contributed by atoms with Crippen LogP contribution < -0.4 is 0 Å². The van der Waals surface area contributed by atoms with Gasteiger partial charge in [0, 0.05) is 24.2 Å². The second-order valence-corrected chi connectivity index (χ2v) is 8.72. The molecule has 1 saturated heterocycles. The molecule has 0 spiro atoms. The smallest absolute Gasteiger partial charge is 0.369 e. The van der Waals surface area contributed by atoms with E-state index in [0.29, 0.717) is 0 Å². The predicted octanol–water partition coefficient (Wildman–Crippen LogP) is 2.04. The number of rotatable bonds is 3. The normalized spacial score (nSPS) is 44.8. The molecular weight excluding hydrogens is 349 g/mol. The molecule has 4 aliphatic rings. The molecule has 0 amide bonds. The highest BCUT2D eigenvalue weighted by Crippen LogP contribution is 2.58. The highest BCUT2D eigenvalue weighted by molar-refractivity contribution is 7.87. The summed E-state index contributed by atoms with van der Waals surface area (Å²) < 4.78 is 70.0. The molecule has 1 aliphatic heterocycles. The highest BCUT2D eigenvalue weighted by atomic mass is 32.2. The molecule has 3 aliphatic carbocycles. The van der Waals surface area contributed by atoms with E-state index in [-0.39, 0.29) is 42.0 Å². The number of Topliss-reactive ketones (excluding diaryl/α,β-unsaturated/α-hetero) is 1. The largest absolute Gasteiger partial charge is 0.523 e. The molecule has 2 saturated carbocycles. The summed E-state index contributed by atoms with van der Waals surface area (Å²) in [6, 6.07) is 0. The van der Waals surface area contributed by atoms with Crippen LogP contribution in [0.2, 0.25) is 0 Å². The summed E-state index contributed by atoms with van der Waals surface area (Å²) in [5.41, 5.74) is -5.47. The first-order chi connectivity index (χ1) is 11.1. The van der Waals surface area contributed by atoms with E-state index in [2.05, 4.69) is 10.3 Å². The number of hydrogen-bond acceptors (Lipinski definition) is 5. The van der Waals surface area contributed by atoms with Crippen molar-refractivity contribution in [3.8, 4) is 0 Å². The first kappa shape index (κ1) is 16.5. The van der Waals surface area contributed by atoms with Gasteiger partial charge in [-0.1, -0.05) is 12.2 Å². The number of ether oxygens (including phenoxy) is 1. The lowest BCUT2D eigenvalue weighted by Gasteiger charge is -2.25. The van der Waals surface area contributed by atoms with Crippen molar-refractivity contribution in [1.82, 2.24) is 0 Å². The Labute approximate surface area is 137 Å². The van der Waals surface area contributed by atoms with Crippen molar-refractivity contribution in [3.05, 3.63) is 12.2 Å². The zero-order valence-electron chi connectivity index (χ0n) is 12.8. The molecule has 0 N–H and O–H groups in total. The zero-order chi connectivity index (χ0) is 17.4. The summed E-state index contributed by atoms with van der Waals surface area (Å²) in [7, 11) is -5.69. The first-order valence-electron chi connectivity index (χ1n) is 7.96. The van der Waals surface area contributed by atoms with Gasteiger partial charge in [0.05, 0.1) is 18.3 Å². The molecule has 0 aromatic rings. The van der Waals surface area contributed by atoms with Crippen LogP contribution in [0.5, 0.6) is 0 Å². The fourth-order valence-corrected chi connectivity index (χ4v) is 5.45. The average molecular weight is 366 g/mol. The number of allylic oxidation sites excluding steroid dienone is 2. The molecular formula is C15H17F3O5S. The standard InChI is InChI=1S/C15H17F3O5S/c1-6(23-24(20,21)15(16,17)18)9-5-10(19)11-7-2-3-8(4-7)12(11)14-13(9)22-14/h2-3,6-9,11-14H,4-5H2,1H3/t6-,7?,8?,9?,11?,12?,13?,14?/m0/s1. The highest BCUT2D eigenvalue weighted by Gasteiger charge is 2.64. The Morgan fingerprint density at radius 3 is 2.58 bits per heavy atom. The summed E-state index contributed by atoms with van der Waals surface area (Å²) >= 11 is 0. The fourth-order valence-electron chi connectivity index (χ4n) is 4.80. The van der Waals surface area contributed by atoms with Gasteiger partial charge in [-0.25, -0.2) is 0 Å². The van der Waals surface area contributed by atoms with Gasteiger partial charge in [-0.05, 0) is 25.2 Å². The van der Waals surface area contributed by atoms with E-state index >= 15 is 0 Å². The van der Waals surface area contributed by atoms with Gasteiger partial charge >= 0.3 is 15.6 Å². The molecule has 8 atom stereocenters. The quantitative estimate of drug-likeness (QED) is 0.331. The van der Waals surface area contributed by atoms with Crippen LogP contribution in [0, 0.1) is 29.6 Å². The minimum atomic E-state index is -5.69. The van der Waals surface area contributed by atoms with E-state index in [1.807, 2.05) is 6.08 Å². The first-order valence-corrected chi connectivity index (χ1v) is 9.37. The Morgan fingerprint density at radius 1 is 1.25 bits per heavy atom. The molecule has 134 valence electrons. The molecule has 1 heterocycles. The maximum atomic E-state index is 12.6. The van der Waals surface area contributed by atoms with Gasteiger partial charge in [-0.2, -0.15) is 21.6 Å². The molecule has 24 heavy (non-hydrogen) atoms. The van der Waals surface area contributed by atoms with Crippen molar-refractivity contribution in [1.29, 1.82) is 0 Å².